The lowest BCUT2D eigenvalue weighted by atomic mass is 10.4. The molecule has 0 spiro atoms. The Balaban J connectivity index is 1.90. The van der Waals surface area contributed by atoms with E-state index in [2.05, 4.69) is 20.3 Å². The van der Waals surface area contributed by atoms with E-state index in [1.165, 1.54) is 0 Å². The van der Waals surface area contributed by atoms with Crippen LogP contribution in [0, 0.1) is 0 Å². The predicted octanol–water partition coefficient (Wildman–Crippen LogP) is 1.88. The van der Waals surface area contributed by atoms with Crippen LogP contribution in [0.15, 0.2) is 0 Å². The number of halogens is 1. The first-order valence-electron chi connectivity index (χ1n) is 6.58. The van der Waals surface area contributed by atoms with Crippen molar-refractivity contribution in [2.24, 2.45) is 0 Å². The van der Waals surface area contributed by atoms with Gasteiger partial charge in [0.25, 0.3) is 0 Å². The van der Waals surface area contributed by atoms with Crippen LogP contribution in [-0.4, -0.2) is 46.6 Å². The van der Waals surface area contributed by atoms with Gasteiger partial charge in [0, 0.05) is 6.54 Å². The van der Waals surface area contributed by atoms with Crippen molar-refractivity contribution in [1.29, 1.82) is 0 Å². The Labute approximate surface area is 123 Å². The van der Waals surface area contributed by atoms with Gasteiger partial charge in [-0.25, -0.2) is 0 Å². The van der Waals surface area contributed by atoms with Crippen molar-refractivity contribution in [3.63, 3.8) is 0 Å². The maximum atomic E-state index is 5.83. The fraction of sp³-hybridized carbons (Fsp3) is 0.750. The summed E-state index contributed by atoms with van der Waals surface area (Å²) in [6.07, 6.45) is 0.814. The molecule has 1 aromatic heterocycles. The molecule has 1 atom stereocenters. The summed E-state index contributed by atoms with van der Waals surface area (Å²) in [5.74, 6) is -0.178. The van der Waals surface area contributed by atoms with Gasteiger partial charge in [-0.05, 0) is 31.9 Å². The molecule has 0 radical (unpaired) electrons. The van der Waals surface area contributed by atoms with Gasteiger partial charge in [-0.2, -0.15) is 15.0 Å². The zero-order valence-electron chi connectivity index (χ0n) is 11.9. The Kier molecular flexibility index (Phi) is 4.95. The number of anilines is 1. The molecule has 0 aromatic carbocycles. The summed E-state index contributed by atoms with van der Waals surface area (Å²) < 4.78 is 16.5. The van der Waals surface area contributed by atoms with Crippen molar-refractivity contribution >= 4 is 17.5 Å². The molecule has 1 fully saturated rings. The van der Waals surface area contributed by atoms with Gasteiger partial charge in [-0.3, -0.25) is 0 Å². The molecule has 1 N–H and O–H groups in total. The molecular weight excluding hydrogens is 284 g/mol. The Morgan fingerprint density at radius 2 is 2.20 bits per heavy atom. The lowest BCUT2D eigenvalue weighted by Gasteiger charge is -2.17. The van der Waals surface area contributed by atoms with Crippen LogP contribution in [0.2, 0.25) is 5.28 Å². The first-order valence-corrected chi connectivity index (χ1v) is 6.96. The predicted molar refractivity (Wildman–Crippen MR) is 74.0 cm³/mol. The third kappa shape index (κ3) is 4.43. The molecule has 8 heteroatoms. The average Bonchev–Trinajstić information content (AvgIpc) is 2.73. The zero-order chi connectivity index (χ0) is 14.6. The molecule has 1 aliphatic rings. The molecule has 20 heavy (non-hydrogen) atoms. The Hall–Kier alpha value is -1.18. The van der Waals surface area contributed by atoms with Gasteiger partial charge in [0.05, 0.1) is 13.2 Å². The Morgan fingerprint density at radius 3 is 2.85 bits per heavy atom. The van der Waals surface area contributed by atoms with Crippen LogP contribution in [0.1, 0.15) is 27.2 Å². The number of aromatic nitrogens is 3. The number of ether oxygens (including phenoxy) is 3. The molecule has 7 nitrogen and oxygen atoms in total. The van der Waals surface area contributed by atoms with Crippen LogP contribution < -0.4 is 10.1 Å². The highest BCUT2D eigenvalue weighted by Gasteiger charge is 2.32. The quantitative estimate of drug-likeness (QED) is 0.859. The highest BCUT2D eigenvalue weighted by atomic mass is 35.5. The zero-order valence-corrected chi connectivity index (χ0v) is 12.6. The van der Waals surface area contributed by atoms with Gasteiger partial charge in [0.2, 0.25) is 11.2 Å². The first-order chi connectivity index (χ1) is 9.48. The minimum atomic E-state index is -0.543. The highest BCUT2D eigenvalue weighted by Crippen LogP contribution is 2.22. The van der Waals surface area contributed by atoms with Crippen LogP contribution >= 0.6 is 11.6 Å². The van der Waals surface area contributed by atoms with Crippen LogP contribution in [0.25, 0.3) is 0 Å². The molecule has 0 amide bonds. The summed E-state index contributed by atoms with van der Waals surface area (Å²) in [6.45, 7) is 7.34. The lowest BCUT2D eigenvalue weighted by molar-refractivity contribution is -0.136. The fourth-order valence-electron chi connectivity index (χ4n) is 1.74. The van der Waals surface area contributed by atoms with Gasteiger partial charge >= 0.3 is 6.01 Å². The molecule has 2 heterocycles. The molecule has 2 rings (SSSR count). The van der Waals surface area contributed by atoms with Gasteiger partial charge < -0.3 is 19.5 Å². The topological polar surface area (TPSA) is 78.4 Å². The molecule has 112 valence electrons. The number of rotatable bonds is 6. The second kappa shape index (κ2) is 6.51. The number of nitrogens with zero attached hydrogens (tertiary/aromatic N) is 3. The van der Waals surface area contributed by atoms with E-state index in [9.17, 15) is 0 Å². The summed E-state index contributed by atoms with van der Waals surface area (Å²) in [5, 5.41) is 3.15. The molecule has 0 saturated carbocycles. The maximum Gasteiger partial charge on any atom is 0.322 e. The third-order valence-corrected chi connectivity index (χ3v) is 2.75. The van der Waals surface area contributed by atoms with Gasteiger partial charge in [-0.1, -0.05) is 6.92 Å². The molecule has 0 bridgehead atoms. The fourth-order valence-corrected chi connectivity index (χ4v) is 1.89. The van der Waals surface area contributed by atoms with Crippen molar-refractivity contribution in [2.75, 3.05) is 25.1 Å². The van der Waals surface area contributed by atoms with Crippen molar-refractivity contribution in [2.45, 2.75) is 39.1 Å². The lowest BCUT2D eigenvalue weighted by Crippen LogP contribution is -2.26. The van der Waals surface area contributed by atoms with Crippen LogP contribution in [-0.2, 0) is 9.47 Å². The van der Waals surface area contributed by atoms with Crippen LogP contribution in [0.5, 0.6) is 6.01 Å². The van der Waals surface area contributed by atoms with Crippen LogP contribution in [0.4, 0.5) is 5.95 Å². The Bertz CT molecular complexity index is 458. The van der Waals surface area contributed by atoms with E-state index in [0.717, 1.165) is 6.42 Å². The van der Waals surface area contributed by atoms with Crippen molar-refractivity contribution in [3.8, 4) is 6.01 Å². The monoisotopic (exact) mass is 302 g/mol. The number of nitrogens with one attached hydrogen (secondary N) is 1. The smallest absolute Gasteiger partial charge is 0.322 e. The summed E-state index contributed by atoms with van der Waals surface area (Å²) in [6, 6.07) is 0.221. The number of hydrogen-bond donors (Lipinski definition) is 1. The second-order valence-electron chi connectivity index (χ2n) is 4.89. The van der Waals surface area contributed by atoms with E-state index in [1.54, 1.807) is 0 Å². The van der Waals surface area contributed by atoms with Crippen molar-refractivity contribution in [1.82, 2.24) is 15.0 Å². The normalized spacial score (nSPS) is 20.9. The average molecular weight is 303 g/mol. The molecule has 1 unspecified atom stereocenters. The molecule has 1 saturated heterocycles. The third-order valence-electron chi connectivity index (χ3n) is 2.58. The van der Waals surface area contributed by atoms with E-state index < -0.39 is 5.79 Å². The summed E-state index contributed by atoms with van der Waals surface area (Å²) in [4.78, 5) is 12.0. The summed E-state index contributed by atoms with van der Waals surface area (Å²) in [7, 11) is 0. The summed E-state index contributed by atoms with van der Waals surface area (Å²) >= 11 is 5.83. The molecule has 1 aromatic rings. The largest absolute Gasteiger partial charge is 0.463 e. The summed E-state index contributed by atoms with van der Waals surface area (Å²) in [5.41, 5.74) is 0. The Morgan fingerprint density at radius 1 is 1.40 bits per heavy atom. The van der Waals surface area contributed by atoms with E-state index in [-0.39, 0.29) is 17.4 Å². The van der Waals surface area contributed by atoms with Crippen molar-refractivity contribution < 1.29 is 14.2 Å². The van der Waals surface area contributed by atoms with E-state index in [1.807, 2.05) is 20.8 Å². The minimum Gasteiger partial charge on any atom is -0.463 e. The van der Waals surface area contributed by atoms with Gasteiger partial charge in [0.15, 0.2) is 5.79 Å². The second-order valence-corrected chi connectivity index (χ2v) is 5.23. The van der Waals surface area contributed by atoms with Gasteiger partial charge in [0.1, 0.15) is 6.10 Å². The minimum absolute atomic E-state index is 0.0550. The number of hydrogen-bond acceptors (Lipinski definition) is 7. The van der Waals surface area contributed by atoms with E-state index in [0.29, 0.717) is 25.7 Å². The molecule has 1 aliphatic heterocycles. The van der Waals surface area contributed by atoms with Crippen molar-refractivity contribution in [3.05, 3.63) is 5.28 Å². The SMILES string of the molecule is CCCOc1nc(Cl)nc(NCC2COC(C)(C)O2)n1. The maximum absolute atomic E-state index is 5.83. The molecular formula is C12H19ClN4O3. The van der Waals surface area contributed by atoms with E-state index in [4.69, 9.17) is 25.8 Å². The standard InChI is InChI=1S/C12H19ClN4O3/c1-4-5-18-11-16-9(13)15-10(17-11)14-6-8-7-19-12(2,3)20-8/h8H,4-7H2,1-3H3,(H,14,15,16,17). The van der Waals surface area contributed by atoms with Crippen LogP contribution in [0.3, 0.4) is 0 Å². The molecule has 0 aliphatic carbocycles. The van der Waals surface area contributed by atoms with E-state index >= 15 is 0 Å². The highest BCUT2D eigenvalue weighted by molar-refractivity contribution is 6.28. The van der Waals surface area contributed by atoms with Gasteiger partial charge in [-0.15, -0.1) is 0 Å². The first kappa shape index (κ1) is 15.2.